The first kappa shape index (κ1) is 103. The van der Waals surface area contributed by atoms with E-state index in [0.29, 0.717) is 76.9 Å². The van der Waals surface area contributed by atoms with Crippen molar-refractivity contribution in [2.75, 3.05) is 33.1 Å². The van der Waals surface area contributed by atoms with Crippen molar-refractivity contribution >= 4 is 58.0 Å². The van der Waals surface area contributed by atoms with Gasteiger partial charge in [-0.25, -0.2) is 28.0 Å². The summed E-state index contributed by atoms with van der Waals surface area (Å²) < 4.78 is 129. The largest absolute Gasteiger partial charge is 0.493 e. The Morgan fingerprint density at radius 3 is 1.36 bits per heavy atom. The van der Waals surface area contributed by atoms with Gasteiger partial charge in [0.1, 0.15) is 29.6 Å². The zero-order valence-corrected chi connectivity index (χ0v) is 74.5. The molecule has 0 aliphatic heterocycles. The Hall–Kier alpha value is -9.76. The van der Waals surface area contributed by atoms with Gasteiger partial charge in [-0.15, -0.1) is 11.3 Å². The van der Waals surface area contributed by atoms with E-state index in [0.717, 1.165) is 112 Å². The number of halogens is 8. The average Bonchev–Trinajstić information content (AvgIpc) is 1.23. The van der Waals surface area contributed by atoms with E-state index in [9.17, 15) is 54.3 Å². The van der Waals surface area contributed by atoms with Gasteiger partial charge in [0.15, 0.2) is 0 Å². The number of aliphatic carboxylic acids is 4. The van der Waals surface area contributed by atoms with Gasteiger partial charge in [0.05, 0.1) is 26.5 Å². The minimum Gasteiger partial charge on any atom is -0.493 e. The van der Waals surface area contributed by atoms with Crippen LogP contribution in [0.5, 0.6) is 23.0 Å². The van der Waals surface area contributed by atoms with Gasteiger partial charge < -0.3 is 39.4 Å². The normalized spacial score (nSPS) is 13.8. The van der Waals surface area contributed by atoms with Gasteiger partial charge in [-0.3, -0.25) is 4.39 Å². The van der Waals surface area contributed by atoms with E-state index in [4.69, 9.17) is 39.4 Å². The third kappa shape index (κ3) is 33.4. The van der Waals surface area contributed by atoms with E-state index >= 15 is 0 Å². The van der Waals surface area contributed by atoms with Crippen LogP contribution in [0.4, 0.5) is 35.1 Å². The molecule has 4 aromatic carbocycles. The second-order valence-electron chi connectivity index (χ2n) is 32.4. The quantitative estimate of drug-likeness (QED) is 0.0129. The number of thiophene rings is 1. The lowest BCUT2D eigenvalue weighted by molar-refractivity contribution is -0.289. The number of allylic oxidation sites excluding steroid dienone is 17. The summed E-state index contributed by atoms with van der Waals surface area (Å²) >= 11 is 1.65. The Bertz CT molecular complexity index is 4590. The summed E-state index contributed by atoms with van der Waals surface area (Å²) in [6, 6.07) is 16.8. The Balaban J connectivity index is 0.000000410. The van der Waals surface area contributed by atoms with Crippen molar-refractivity contribution in [3.8, 4) is 34.1 Å². The zero-order chi connectivity index (χ0) is 90.1. The van der Waals surface area contributed by atoms with Crippen LogP contribution in [0.2, 0.25) is 0 Å². The van der Waals surface area contributed by atoms with Crippen LogP contribution in [0.3, 0.4) is 0 Å². The molecule has 4 N–H and O–H groups in total. The third-order valence-electron chi connectivity index (χ3n) is 19.1. The van der Waals surface area contributed by atoms with Gasteiger partial charge in [0, 0.05) is 74.5 Å². The lowest BCUT2D eigenvalue weighted by Gasteiger charge is -2.27. The summed E-state index contributed by atoms with van der Waals surface area (Å²) in [5, 5.41) is 37.5. The molecule has 0 radical (unpaired) electrons. The van der Waals surface area contributed by atoms with Crippen LogP contribution < -0.4 is 18.9 Å². The van der Waals surface area contributed by atoms with E-state index in [1.807, 2.05) is 70.2 Å². The van der Waals surface area contributed by atoms with E-state index in [1.54, 1.807) is 78.9 Å². The molecule has 21 heteroatoms. The van der Waals surface area contributed by atoms with Crippen LogP contribution in [-0.2, 0) is 30.5 Å². The number of carboxylic acids is 4. The molecular weight excluding hydrogens is 1550 g/mol. The van der Waals surface area contributed by atoms with Gasteiger partial charge in [-0.05, 0) is 241 Å². The van der Waals surface area contributed by atoms with Crippen LogP contribution >= 0.6 is 11.3 Å². The number of carbonyl (C=O) groups is 4. The lowest BCUT2D eigenvalue weighted by atomic mass is 9.81. The molecule has 0 bridgehead atoms. The number of benzene rings is 4. The summed E-state index contributed by atoms with van der Waals surface area (Å²) in [6.07, 6.45) is 19.2. The molecule has 6 rings (SSSR count). The van der Waals surface area contributed by atoms with Gasteiger partial charge in [-0.1, -0.05) is 190 Å². The molecule has 119 heavy (non-hydrogen) atoms. The molecule has 1 aliphatic carbocycles. The van der Waals surface area contributed by atoms with Gasteiger partial charge in [0.25, 0.3) is 6.43 Å². The molecule has 12 nitrogen and oxygen atoms in total. The number of ether oxygens (including phenoxy) is 4. The zero-order valence-electron chi connectivity index (χ0n) is 73.7. The van der Waals surface area contributed by atoms with Gasteiger partial charge >= 0.3 is 36.0 Å². The first-order chi connectivity index (χ1) is 55.5. The molecule has 652 valence electrons. The number of hydrogen-bond acceptors (Lipinski definition) is 9. The van der Waals surface area contributed by atoms with Crippen LogP contribution in [-0.4, -0.2) is 90.0 Å². The fourth-order valence-corrected chi connectivity index (χ4v) is 13.3. The molecule has 0 amide bonds. The van der Waals surface area contributed by atoms with Crippen molar-refractivity contribution in [3.05, 3.63) is 233 Å². The SMILES string of the molecule is C/C(=C/C=C/C(C)=C/C(=O)O)c1cc(C(C)C)cc(C(C)(C)C)c1OCC(F)F.CC(/C=C/C1=C(c2cc(C(C)C)cc(C(C)C)c2OCCCF)CCC1)=C\C(=O)O.CCCCOc1c(-c2ccsc2/C=C/C(C)=C/C(=O)O)cc(C(C)C)cc1C(C)C.CCOc1c(\C(C)=C/C=C/C(C)=C/C(=O)O)cc(C(F)(F)C(F)(F)F)cc1C(C)C. The second kappa shape index (κ2) is 49.1. The van der Waals surface area contributed by atoms with E-state index in [-0.39, 0.29) is 47.4 Å². The summed E-state index contributed by atoms with van der Waals surface area (Å²) in [6.45, 7) is 45.6. The molecule has 0 saturated heterocycles. The fraction of sp³-hybridized carbons (Fsp3) is 0.449. The number of hydrogen-bond donors (Lipinski definition) is 4. The molecule has 1 aromatic heterocycles. The maximum absolute atomic E-state index is 14.1. The lowest BCUT2D eigenvalue weighted by Crippen LogP contribution is -2.34. The number of carboxylic acid groups (broad SMARTS) is 4. The first-order valence-corrected chi connectivity index (χ1v) is 41.4. The van der Waals surface area contributed by atoms with Crippen molar-refractivity contribution < 1.29 is 93.7 Å². The van der Waals surface area contributed by atoms with Crippen molar-refractivity contribution in [1.29, 1.82) is 0 Å². The Morgan fingerprint density at radius 2 is 0.933 bits per heavy atom. The third-order valence-corrected chi connectivity index (χ3v) is 20.0. The second-order valence-corrected chi connectivity index (χ2v) is 33.3. The molecule has 1 heterocycles. The van der Waals surface area contributed by atoms with Crippen LogP contribution in [0.25, 0.3) is 33.9 Å². The number of alkyl halides is 8. The smallest absolute Gasteiger partial charge is 0.458 e. The van der Waals surface area contributed by atoms with Crippen molar-refractivity contribution in [1.82, 2.24) is 0 Å². The summed E-state index contributed by atoms with van der Waals surface area (Å²) in [5.74, 6) is -5.07. The molecule has 0 saturated carbocycles. The monoisotopic (exact) mass is 1680 g/mol. The topological polar surface area (TPSA) is 186 Å². The van der Waals surface area contributed by atoms with E-state index < -0.39 is 54.6 Å². The fourth-order valence-electron chi connectivity index (χ4n) is 12.5. The van der Waals surface area contributed by atoms with Gasteiger partial charge in [0.2, 0.25) is 0 Å². The molecule has 5 aromatic rings. The highest BCUT2D eigenvalue weighted by atomic mass is 32.1. The van der Waals surface area contributed by atoms with Crippen LogP contribution in [0, 0.1) is 0 Å². The number of rotatable bonds is 36. The predicted octanol–water partition coefficient (Wildman–Crippen LogP) is 28.7. The number of unbranched alkanes of at least 4 members (excludes halogenated alkanes) is 1. The summed E-state index contributed by atoms with van der Waals surface area (Å²) in [5.41, 5.74) is 16.2. The van der Waals surface area contributed by atoms with Crippen LogP contribution in [0.15, 0.2) is 167 Å². The highest BCUT2D eigenvalue weighted by Crippen LogP contribution is 2.50. The average molecular weight is 1680 g/mol. The van der Waals surface area contributed by atoms with Crippen molar-refractivity contribution in [2.45, 2.75) is 257 Å². The highest BCUT2D eigenvalue weighted by Gasteiger charge is 2.59. The molecule has 0 unspecified atom stereocenters. The Labute approximate surface area is 705 Å². The molecule has 0 spiro atoms. The van der Waals surface area contributed by atoms with Crippen molar-refractivity contribution in [3.63, 3.8) is 0 Å². The highest BCUT2D eigenvalue weighted by molar-refractivity contribution is 7.11. The molecule has 1 aliphatic rings. The Kier molecular flexibility index (Phi) is 42.7. The maximum atomic E-state index is 14.1. The molecule has 0 fully saturated rings. The van der Waals surface area contributed by atoms with Crippen molar-refractivity contribution in [2.24, 2.45) is 0 Å². The minimum atomic E-state index is -5.73. The van der Waals surface area contributed by atoms with E-state index in [2.05, 4.69) is 112 Å². The summed E-state index contributed by atoms with van der Waals surface area (Å²) in [7, 11) is 0. The molecule has 0 atom stereocenters. The minimum absolute atomic E-state index is 0.117. The van der Waals surface area contributed by atoms with Gasteiger partial charge in [-0.2, -0.15) is 22.0 Å². The van der Waals surface area contributed by atoms with Crippen LogP contribution in [0.1, 0.15) is 299 Å². The predicted molar refractivity (Wildman–Crippen MR) is 472 cm³/mol. The maximum Gasteiger partial charge on any atom is 0.458 e. The van der Waals surface area contributed by atoms with E-state index in [1.165, 1.54) is 63.8 Å². The first-order valence-electron chi connectivity index (χ1n) is 40.6. The Morgan fingerprint density at radius 1 is 0.496 bits per heavy atom. The standard InChI is InChI=1S/C26H35FO3.C26H34O3S.C24H32F2O3.C22H25F5O3/c1-17(2)21-15-23(18(3)4)26(30-13-7-12-27)24(16-21)22-9-6-8-20(22)11-10-19(5)14-25(28)29;1-7-8-12-29-26-22(18(4)5)15-20(17(2)3)16-23(26)21-11-13-30-24(21)10-9-19(6)14-25(27)28;1-15(2)18-12-19(17(4)10-8-9-16(3)11-22(27)28)23(29-14-21(25)26)20(13-18)24(5,6)7;1-6-30-20-17(13(2)3)11-16(21(23,24)22(25,26)27)12-18(20)15(5)9-7-8-14(4)10-19(28)29/h10-11,14-18H,6-9,12-13H2,1-5H3,(H,28,29);9-11,13-18H,7-8,12H2,1-6H3,(H,27,28);8-13,15,21H,14H2,1-7H3,(H,27,28);7-13H,6H2,1-5H3,(H,28,29)/b11-10+,19-14+;10-9+,19-14+;9-8+,16-11+,17-10-;8-7+,14-10+,15-9-. The summed E-state index contributed by atoms with van der Waals surface area (Å²) in [4.78, 5) is 44.3. The molecular formula is C98H126F8O12S.